The van der Waals surface area contributed by atoms with E-state index in [1.165, 1.54) is 0 Å². The summed E-state index contributed by atoms with van der Waals surface area (Å²) in [5, 5.41) is 3.16. The smallest absolute Gasteiger partial charge is 0.309 e. The van der Waals surface area contributed by atoms with Crippen LogP contribution in [-0.4, -0.2) is 32.3 Å². The van der Waals surface area contributed by atoms with Crippen molar-refractivity contribution in [2.45, 2.75) is 13.3 Å². The molecule has 0 atom stereocenters. The zero-order valence-corrected chi connectivity index (χ0v) is 10.6. The maximum atomic E-state index is 11.1. The lowest BCUT2D eigenvalue weighted by Gasteiger charge is -2.08. The Kier molecular flexibility index (Phi) is 6.64. The minimum absolute atomic E-state index is 0.237. The van der Waals surface area contributed by atoms with Crippen molar-refractivity contribution in [2.75, 3.05) is 31.6 Å². The van der Waals surface area contributed by atoms with Crippen LogP contribution < -0.4 is 15.8 Å². The summed E-state index contributed by atoms with van der Waals surface area (Å²) < 4.78 is 10.2. The molecule has 0 heterocycles. The summed E-state index contributed by atoms with van der Waals surface area (Å²) in [4.78, 5) is 11.1. The molecule has 0 aliphatic rings. The highest BCUT2D eigenvalue weighted by atomic mass is 16.5. The largest absolute Gasteiger partial charge is 0.493 e. The van der Waals surface area contributed by atoms with Crippen LogP contribution in [0.15, 0.2) is 24.3 Å². The molecule has 5 nitrogen and oxygen atoms in total. The van der Waals surface area contributed by atoms with Gasteiger partial charge in [0.1, 0.15) is 5.75 Å². The van der Waals surface area contributed by atoms with Gasteiger partial charge in [0, 0.05) is 18.8 Å². The first-order valence-corrected chi connectivity index (χ1v) is 6.08. The van der Waals surface area contributed by atoms with Gasteiger partial charge in [0.2, 0.25) is 0 Å². The average Bonchev–Trinajstić information content (AvgIpc) is 2.38. The number of ether oxygens (including phenoxy) is 2. The van der Waals surface area contributed by atoms with Gasteiger partial charge in [-0.15, -0.1) is 0 Å². The van der Waals surface area contributed by atoms with Gasteiger partial charge in [0.15, 0.2) is 0 Å². The van der Waals surface area contributed by atoms with Crippen LogP contribution in [0.25, 0.3) is 0 Å². The topological polar surface area (TPSA) is 73.6 Å². The Balaban J connectivity index is 2.28. The van der Waals surface area contributed by atoms with Crippen LogP contribution in [0.2, 0.25) is 0 Å². The third kappa shape index (κ3) is 5.54. The molecule has 1 aromatic rings. The Labute approximate surface area is 107 Å². The summed E-state index contributed by atoms with van der Waals surface area (Å²) in [5.41, 5.74) is 6.39. The van der Waals surface area contributed by atoms with E-state index in [1.54, 1.807) is 6.92 Å². The predicted molar refractivity (Wildman–Crippen MR) is 70.7 cm³/mol. The highest BCUT2D eigenvalue weighted by Crippen LogP contribution is 2.15. The molecule has 0 amide bonds. The maximum Gasteiger partial charge on any atom is 0.309 e. The highest BCUT2D eigenvalue weighted by Gasteiger charge is 2.02. The van der Waals surface area contributed by atoms with Crippen molar-refractivity contribution in [3.8, 4) is 5.75 Å². The second-order valence-corrected chi connectivity index (χ2v) is 3.64. The summed E-state index contributed by atoms with van der Waals surface area (Å²) in [6.45, 7) is 3.85. The second kappa shape index (κ2) is 8.36. The van der Waals surface area contributed by atoms with Gasteiger partial charge < -0.3 is 20.5 Å². The molecule has 3 N–H and O–H groups in total. The fourth-order valence-electron chi connectivity index (χ4n) is 1.37. The number of rotatable bonds is 8. The van der Waals surface area contributed by atoms with Gasteiger partial charge in [-0.25, -0.2) is 0 Å². The quantitative estimate of drug-likeness (QED) is 0.684. The number of esters is 1. The normalized spacial score (nSPS) is 9.89. The average molecular weight is 252 g/mol. The summed E-state index contributed by atoms with van der Waals surface area (Å²) >= 11 is 0. The number of nitrogens with two attached hydrogens (primary N) is 1. The van der Waals surface area contributed by atoms with Crippen molar-refractivity contribution in [3.05, 3.63) is 24.3 Å². The Morgan fingerprint density at radius 1 is 1.33 bits per heavy atom. The van der Waals surface area contributed by atoms with Crippen LogP contribution in [0, 0.1) is 0 Å². The van der Waals surface area contributed by atoms with Crippen molar-refractivity contribution in [1.29, 1.82) is 0 Å². The Bertz CT molecular complexity index is 352. The molecule has 0 spiro atoms. The first-order valence-electron chi connectivity index (χ1n) is 6.08. The third-order valence-corrected chi connectivity index (χ3v) is 2.21. The van der Waals surface area contributed by atoms with E-state index in [0.29, 0.717) is 19.8 Å². The maximum absolute atomic E-state index is 11.1. The zero-order chi connectivity index (χ0) is 13.2. The monoisotopic (exact) mass is 252 g/mol. The molecule has 0 bridgehead atoms. The molecule has 0 aliphatic heterocycles. The van der Waals surface area contributed by atoms with E-state index in [0.717, 1.165) is 18.0 Å². The first-order chi connectivity index (χ1) is 8.76. The molecule has 0 fully saturated rings. The lowest BCUT2D eigenvalue weighted by atomic mass is 10.3. The minimum atomic E-state index is -0.237. The van der Waals surface area contributed by atoms with Crippen LogP contribution >= 0.6 is 0 Å². The van der Waals surface area contributed by atoms with Crippen LogP contribution in [0.5, 0.6) is 5.75 Å². The van der Waals surface area contributed by atoms with E-state index in [4.69, 9.17) is 15.2 Å². The molecular formula is C13H20N2O3. The number of nitrogens with one attached hydrogen (secondary N) is 1. The molecule has 0 saturated heterocycles. The Morgan fingerprint density at radius 3 is 2.67 bits per heavy atom. The van der Waals surface area contributed by atoms with E-state index < -0.39 is 0 Å². The third-order valence-electron chi connectivity index (χ3n) is 2.21. The van der Waals surface area contributed by atoms with Crippen LogP contribution in [0.1, 0.15) is 13.3 Å². The van der Waals surface area contributed by atoms with Crippen LogP contribution in [0.3, 0.4) is 0 Å². The molecule has 5 heteroatoms. The van der Waals surface area contributed by atoms with E-state index in [2.05, 4.69) is 5.32 Å². The molecule has 0 unspecified atom stereocenters. The molecule has 0 radical (unpaired) electrons. The van der Waals surface area contributed by atoms with Crippen molar-refractivity contribution in [2.24, 2.45) is 5.73 Å². The standard InChI is InChI=1S/C13H20N2O3/c1-2-17-13(16)7-10-18-12-5-3-11(4-6-12)15-9-8-14/h3-6,15H,2,7-10,14H2,1H3. The van der Waals surface area contributed by atoms with Crippen molar-refractivity contribution >= 4 is 11.7 Å². The van der Waals surface area contributed by atoms with Gasteiger partial charge in [0.05, 0.1) is 19.6 Å². The molecule has 0 aromatic heterocycles. The van der Waals surface area contributed by atoms with Gasteiger partial charge in [-0.1, -0.05) is 0 Å². The van der Waals surface area contributed by atoms with Gasteiger partial charge in [-0.2, -0.15) is 0 Å². The Morgan fingerprint density at radius 2 is 2.06 bits per heavy atom. The van der Waals surface area contributed by atoms with Gasteiger partial charge in [0.25, 0.3) is 0 Å². The number of benzene rings is 1. The number of carbonyl (C=O) groups is 1. The van der Waals surface area contributed by atoms with E-state index >= 15 is 0 Å². The van der Waals surface area contributed by atoms with Gasteiger partial charge in [-0.3, -0.25) is 4.79 Å². The van der Waals surface area contributed by atoms with E-state index in [9.17, 15) is 4.79 Å². The first kappa shape index (κ1) is 14.3. The molecule has 18 heavy (non-hydrogen) atoms. The summed E-state index contributed by atoms with van der Waals surface area (Å²) in [5.74, 6) is 0.497. The fourth-order valence-corrected chi connectivity index (χ4v) is 1.37. The number of hydrogen-bond acceptors (Lipinski definition) is 5. The Hall–Kier alpha value is -1.75. The van der Waals surface area contributed by atoms with Crippen LogP contribution in [-0.2, 0) is 9.53 Å². The molecule has 0 saturated carbocycles. The minimum Gasteiger partial charge on any atom is -0.493 e. The van der Waals surface area contributed by atoms with E-state index in [-0.39, 0.29) is 12.4 Å². The zero-order valence-electron chi connectivity index (χ0n) is 10.6. The molecule has 1 aromatic carbocycles. The van der Waals surface area contributed by atoms with Gasteiger partial charge >= 0.3 is 5.97 Å². The number of anilines is 1. The lowest BCUT2D eigenvalue weighted by molar-refractivity contribution is -0.143. The molecule has 0 aliphatic carbocycles. The van der Waals surface area contributed by atoms with Crippen LogP contribution in [0.4, 0.5) is 5.69 Å². The van der Waals surface area contributed by atoms with Crippen molar-refractivity contribution in [1.82, 2.24) is 0 Å². The molecule has 100 valence electrons. The number of carbonyl (C=O) groups excluding carboxylic acids is 1. The van der Waals surface area contributed by atoms with Crippen molar-refractivity contribution in [3.63, 3.8) is 0 Å². The van der Waals surface area contributed by atoms with Gasteiger partial charge in [-0.05, 0) is 31.2 Å². The molecule has 1 rings (SSSR count). The summed E-state index contributed by atoms with van der Waals surface area (Å²) in [6, 6.07) is 7.53. The summed E-state index contributed by atoms with van der Waals surface area (Å²) in [7, 11) is 0. The second-order valence-electron chi connectivity index (χ2n) is 3.64. The number of hydrogen-bond donors (Lipinski definition) is 2. The fraction of sp³-hybridized carbons (Fsp3) is 0.462. The lowest BCUT2D eigenvalue weighted by Crippen LogP contribution is -2.13. The van der Waals surface area contributed by atoms with Crippen molar-refractivity contribution < 1.29 is 14.3 Å². The van der Waals surface area contributed by atoms with E-state index in [1.807, 2.05) is 24.3 Å². The SMILES string of the molecule is CCOC(=O)CCOc1ccc(NCCN)cc1. The molecular weight excluding hydrogens is 232 g/mol. The predicted octanol–water partition coefficient (Wildman–Crippen LogP) is 1.39. The summed E-state index contributed by atoms with van der Waals surface area (Å²) in [6.07, 6.45) is 0.265. The highest BCUT2D eigenvalue weighted by molar-refractivity contribution is 5.69.